The van der Waals surface area contributed by atoms with E-state index in [2.05, 4.69) is 17.4 Å². The second-order valence-electron chi connectivity index (χ2n) is 6.36. The van der Waals surface area contributed by atoms with E-state index in [1.165, 1.54) is 12.0 Å². The lowest BCUT2D eigenvalue weighted by Crippen LogP contribution is -2.44. The monoisotopic (exact) mass is 273 g/mol. The molecule has 0 aliphatic heterocycles. The van der Waals surface area contributed by atoms with Crippen LogP contribution in [-0.4, -0.2) is 23.2 Å². The highest BCUT2D eigenvalue weighted by Crippen LogP contribution is 2.47. The quantitative estimate of drug-likeness (QED) is 0.886. The molecule has 2 fully saturated rings. The van der Waals surface area contributed by atoms with Crippen LogP contribution in [0.5, 0.6) is 0 Å². The van der Waals surface area contributed by atoms with Crippen molar-refractivity contribution in [2.75, 3.05) is 6.54 Å². The normalized spacial score (nSPS) is 27.9. The Bertz CT molecular complexity index is 465. The third-order valence-electron chi connectivity index (χ3n) is 4.73. The number of carbonyl (C=O) groups is 1. The summed E-state index contributed by atoms with van der Waals surface area (Å²) < 4.78 is 0. The van der Waals surface area contributed by atoms with Crippen LogP contribution in [0.25, 0.3) is 0 Å². The second-order valence-corrected chi connectivity index (χ2v) is 6.36. The van der Waals surface area contributed by atoms with Gasteiger partial charge in [-0.15, -0.1) is 0 Å². The predicted octanol–water partition coefficient (Wildman–Crippen LogP) is 2.60. The van der Waals surface area contributed by atoms with Gasteiger partial charge in [0.2, 0.25) is 5.91 Å². The van der Waals surface area contributed by atoms with Gasteiger partial charge in [0.05, 0.1) is 5.60 Å². The minimum atomic E-state index is -0.662. The van der Waals surface area contributed by atoms with Crippen LogP contribution in [0.2, 0.25) is 0 Å². The third kappa shape index (κ3) is 3.04. The molecule has 2 aliphatic carbocycles. The van der Waals surface area contributed by atoms with Gasteiger partial charge in [-0.3, -0.25) is 4.79 Å². The molecule has 2 unspecified atom stereocenters. The van der Waals surface area contributed by atoms with E-state index in [-0.39, 0.29) is 11.8 Å². The molecule has 0 aromatic heterocycles. The van der Waals surface area contributed by atoms with Gasteiger partial charge in [0, 0.05) is 12.5 Å². The number of aliphatic hydroxyl groups is 1. The van der Waals surface area contributed by atoms with E-state index in [9.17, 15) is 9.90 Å². The SMILES string of the molecule is O=C(NCC1(O)CCCCC1)C1CC1c1ccccc1. The van der Waals surface area contributed by atoms with Crippen molar-refractivity contribution in [1.82, 2.24) is 5.32 Å². The zero-order valence-corrected chi connectivity index (χ0v) is 11.8. The van der Waals surface area contributed by atoms with Crippen molar-refractivity contribution in [2.45, 2.75) is 50.0 Å². The Balaban J connectivity index is 1.49. The van der Waals surface area contributed by atoms with Gasteiger partial charge in [-0.1, -0.05) is 49.6 Å². The van der Waals surface area contributed by atoms with E-state index in [0.29, 0.717) is 12.5 Å². The van der Waals surface area contributed by atoms with E-state index in [0.717, 1.165) is 32.1 Å². The lowest BCUT2D eigenvalue weighted by atomic mass is 9.85. The summed E-state index contributed by atoms with van der Waals surface area (Å²) in [4.78, 5) is 12.2. The van der Waals surface area contributed by atoms with Crippen molar-refractivity contribution in [3.8, 4) is 0 Å². The first kappa shape index (κ1) is 13.6. The fourth-order valence-corrected chi connectivity index (χ4v) is 3.32. The Morgan fingerprint density at radius 2 is 1.90 bits per heavy atom. The van der Waals surface area contributed by atoms with E-state index < -0.39 is 5.60 Å². The van der Waals surface area contributed by atoms with Gasteiger partial charge in [0.25, 0.3) is 0 Å². The van der Waals surface area contributed by atoms with Crippen LogP contribution in [0.3, 0.4) is 0 Å². The Morgan fingerprint density at radius 1 is 1.20 bits per heavy atom. The molecular formula is C17H23NO2. The summed E-state index contributed by atoms with van der Waals surface area (Å²) in [6.07, 6.45) is 5.92. The zero-order valence-electron chi connectivity index (χ0n) is 11.8. The summed E-state index contributed by atoms with van der Waals surface area (Å²) in [5, 5.41) is 13.4. The molecule has 3 heteroatoms. The van der Waals surface area contributed by atoms with Crippen LogP contribution in [-0.2, 0) is 4.79 Å². The van der Waals surface area contributed by atoms with Crippen molar-refractivity contribution in [3.05, 3.63) is 35.9 Å². The van der Waals surface area contributed by atoms with Crippen LogP contribution in [0.15, 0.2) is 30.3 Å². The maximum atomic E-state index is 12.2. The van der Waals surface area contributed by atoms with E-state index in [4.69, 9.17) is 0 Å². The molecule has 2 atom stereocenters. The highest BCUT2D eigenvalue weighted by molar-refractivity contribution is 5.82. The number of rotatable bonds is 4. The predicted molar refractivity (Wildman–Crippen MR) is 78.3 cm³/mol. The van der Waals surface area contributed by atoms with Gasteiger partial charge in [0.15, 0.2) is 0 Å². The van der Waals surface area contributed by atoms with Crippen molar-refractivity contribution >= 4 is 5.91 Å². The van der Waals surface area contributed by atoms with Gasteiger partial charge in [-0.05, 0) is 30.7 Å². The van der Waals surface area contributed by atoms with Crippen LogP contribution < -0.4 is 5.32 Å². The molecule has 0 spiro atoms. The van der Waals surface area contributed by atoms with E-state index in [1.54, 1.807) is 0 Å². The van der Waals surface area contributed by atoms with Gasteiger partial charge in [-0.2, -0.15) is 0 Å². The maximum absolute atomic E-state index is 12.2. The number of nitrogens with one attached hydrogen (secondary N) is 1. The Morgan fingerprint density at radius 3 is 2.60 bits per heavy atom. The number of hydrogen-bond acceptors (Lipinski definition) is 2. The van der Waals surface area contributed by atoms with Gasteiger partial charge >= 0.3 is 0 Å². The second kappa shape index (κ2) is 5.57. The highest BCUT2D eigenvalue weighted by Gasteiger charge is 2.44. The molecule has 0 bridgehead atoms. The molecule has 0 radical (unpaired) electrons. The van der Waals surface area contributed by atoms with Crippen LogP contribution in [0, 0.1) is 5.92 Å². The molecule has 1 aromatic carbocycles. The fraction of sp³-hybridized carbons (Fsp3) is 0.588. The lowest BCUT2D eigenvalue weighted by molar-refractivity contribution is -0.124. The summed E-state index contributed by atoms with van der Waals surface area (Å²) in [5.41, 5.74) is 0.592. The zero-order chi connectivity index (χ0) is 14.0. The number of benzene rings is 1. The summed E-state index contributed by atoms with van der Waals surface area (Å²) in [7, 11) is 0. The van der Waals surface area contributed by atoms with Crippen molar-refractivity contribution in [1.29, 1.82) is 0 Å². The molecule has 1 aromatic rings. The van der Waals surface area contributed by atoms with E-state index >= 15 is 0 Å². The van der Waals surface area contributed by atoms with Gasteiger partial charge in [-0.25, -0.2) is 0 Å². The highest BCUT2D eigenvalue weighted by atomic mass is 16.3. The Hall–Kier alpha value is -1.35. The molecule has 0 heterocycles. The third-order valence-corrected chi connectivity index (χ3v) is 4.73. The molecular weight excluding hydrogens is 250 g/mol. The Kier molecular flexibility index (Phi) is 3.79. The molecule has 2 aliphatic rings. The summed E-state index contributed by atoms with van der Waals surface area (Å²) >= 11 is 0. The maximum Gasteiger partial charge on any atom is 0.223 e. The van der Waals surface area contributed by atoms with Crippen molar-refractivity contribution in [2.24, 2.45) is 5.92 Å². The molecule has 2 saturated carbocycles. The number of hydrogen-bond donors (Lipinski definition) is 2. The lowest BCUT2D eigenvalue weighted by Gasteiger charge is -2.32. The molecule has 20 heavy (non-hydrogen) atoms. The minimum Gasteiger partial charge on any atom is -0.388 e. The topological polar surface area (TPSA) is 49.3 Å². The first-order valence-corrected chi connectivity index (χ1v) is 7.73. The average molecular weight is 273 g/mol. The molecule has 0 saturated heterocycles. The minimum absolute atomic E-state index is 0.101. The molecule has 108 valence electrons. The average Bonchev–Trinajstić information content (AvgIpc) is 3.27. The summed E-state index contributed by atoms with van der Waals surface area (Å²) in [6.45, 7) is 0.420. The van der Waals surface area contributed by atoms with E-state index in [1.807, 2.05) is 18.2 Å². The number of carbonyl (C=O) groups excluding carboxylic acids is 1. The fourth-order valence-electron chi connectivity index (χ4n) is 3.32. The summed E-state index contributed by atoms with van der Waals surface area (Å²) in [6, 6.07) is 10.2. The Labute approximate surface area is 120 Å². The molecule has 3 rings (SSSR count). The number of amides is 1. The summed E-state index contributed by atoms with van der Waals surface area (Å²) in [5.74, 6) is 0.583. The first-order valence-electron chi connectivity index (χ1n) is 7.73. The standard InChI is InChI=1S/C17H23NO2/c19-16(18-12-17(20)9-5-2-6-10-17)15-11-14(15)13-7-3-1-4-8-13/h1,3-4,7-8,14-15,20H,2,5-6,9-12H2,(H,18,19). The van der Waals surface area contributed by atoms with Gasteiger partial charge < -0.3 is 10.4 Å². The molecule has 3 nitrogen and oxygen atoms in total. The smallest absolute Gasteiger partial charge is 0.223 e. The van der Waals surface area contributed by atoms with Crippen LogP contribution in [0.1, 0.15) is 50.0 Å². The van der Waals surface area contributed by atoms with Crippen LogP contribution in [0.4, 0.5) is 0 Å². The van der Waals surface area contributed by atoms with Crippen molar-refractivity contribution in [3.63, 3.8) is 0 Å². The largest absolute Gasteiger partial charge is 0.388 e. The molecule has 2 N–H and O–H groups in total. The van der Waals surface area contributed by atoms with Crippen LogP contribution >= 0.6 is 0 Å². The van der Waals surface area contributed by atoms with Crippen molar-refractivity contribution < 1.29 is 9.90 Å². The molecule has 1 amide bonds. The van der Waals surface area contributed by atoms with Gasteiger partial charge in [0.1, 0.15) is 0 Å². The first-order chi connectivity index (χ1) is 9.68.